The number of nitrogen functional groups attached to an aromatic ring is 1. The Bertz CT molecular complexity index is 444. The summed E-state index contributed by atoms with van der Waals surface area (Å²) in [5, 5.41) is 2.94. The van der Waals surface area contributed by atoms with Gasteiger partial charge in [0.15, 0.2) is 0 Å². The fourth-order valence-electron chi connectivity index (χ4n) is 2.33. The molecule has 0 aromatic heterocycles. The van der Waals surface area contributed by atoms with Crippen LogP contribution in [0.25, 0.3) is 0 Å². The molecule has 0 aliphatic carbocycles. The van der Waals surface area contributed by atoms with Crippen molar-refractivity contribution in [1.29, 1.82) is 0 Å². The minimum absolute atomic E-state index is 0.0689. The van der Waals surface area contributed by atoms with Crippen LogP contribution in [0.5, 0.6) is 0 Å². The highest BCUT2D eigenvalue weighted by atomic mass is 79.9. The van der Waals surface area contributed by atoms with E-state index in [2.05, 4.69) is 26.1 Å². The summed E-state index contributed by atoms with van der Waals surface area (Å²) in [6, 6.07) is 5.34. The SMILES string of the molecule is Nc1cccc(C(=O)NCCCN2CCCC2)c1Br. The third-order valence-corrected chi connectivity index (χ3v) is 4.29. The first-order valence-electron chi connectivity index (χ1n) is 6.73. The quantitative estimate of drug-likeness (QED) is 0.644. The Hall–Kier alpha value is -1.07. The maximum Gasteiger partial charge on any atom is 0.252 e. The smallest absolute Gasteiger partial charge is 0.252 e. The van der Waals surface area contributed by atoms with E-state index in [0.717, 1.165) is 13.0 Å². The molecule has 1 aromatic carbocycles. The highest BCUT2D eigenvalue weighted by Crippen LogP contribution is 2.23. The second-order valence-electron chi connectivity index (χ2n) is 4.87. The number of nitrogens with two attached hydrogens (primary N) is 1. The predicted octanol–water partition coefficient (Wildman–Crippen LogP) is 2.25. The van der Waals surface area contributed by atoms with Gasteiger partial charge in [0.25, 0.3) is 5.91 Å². The summed E-state index contributed by atoms with van der Waals surface area (Å²) in [6.45, 7) is 4.18. The number of carbonyl (C=O) groups excluding carboxylic acids is 1. The summed E-state index contributed by atoms with van der Waals surface area (Å²) in [4.78, 5) is 14.5. The van der Waals surface area contributed by atoms with Crippen molar-refractivity contribution in [1.82, 2.24) is 10.2 Å². The molecule has 1 amide bonds. The molecule has 1 aliphatic rings. The zero-order valence-electron chi connectivity index (χ0n) is 11.0. The number of amides is 1. The van der Waals surface area contributed by atoms with E-state index in [9.17, 15) is 4.79 Å². The van der Waals surface area contributed by atoms with Crippen LogP contribution < -0.4 is 11.1 Å². The van der Waals surface area contributed by atoms with Gasteiger partial charge in [-0.05, 0) is 67.0 Å². The van der Waals surface area contributed by atoms with Gasteiger partial charge in [-0.2, -0.15) is 0 Å². The summed E-state index contributed by atoms with van der Waals surface area (Å²) in [5.41, 5.74) is 6.95. The van der Waals surface area contributed by atoms with Gasteiger partial charge in [0.1, 0.15) is 0 Å². The second-order valence-corrected chi connectivity index (χ2v) is 5.66. The predicted molar refractivity (Wildman–Crippen MR) is 81.2 cm³/mol. The Balaban J connectivity index is 1.76. The van der Waals surface area contributed by atoms with Crippen molar-refractivity contribution < 1.29 is 4.79 Å². The topological polar surface area (TPSA) is 58.4 Å². The van der Waals surface area contributed by atoms with Crippen molar-refractivity contribution in [2.75, 3.05) is 31.9 Å². The number of halogens is 1. The molecule has 1 saturated heterocycles. The first kappa shape index (κ1) is 14.3. The number of rotatable bonds is 5. The van der Waals surface area contributed by atoms with Crippen molar-refractivity contribution in [3.8, 4) is 0 Å². The average Bonchev–Trinajstić information content (AvgIpc) is 2.91. The van der Waals surface area contributed by atoms with E-state index in [0.29, 0.717) is 22.3 Å². The molecule has 1 fully saturated rings. The zero-order valence-corrected chi connectivity index (χ0v) is 12.6. The molecule has 0 saturated carbocycles. The molecule has 5 heteroatoms. The van der Waals surface area contributed by atoms with E-state index in [1.54, 1.807) is 18.2 Å². The number of likely N-dealkylation sites (tertiary alicyclic amines) is 1. The standard InChI is InChI=1S/C14H20BrN3O/c15-13-11(5-3-6-12(13)16)14(19)17-7-4-10-18-8-1-2-9-18/h3,5-6H,1-2,4,7-10,16H2,(H,17,19). The third kappa shape index (κ3) is 3.94. The number of nitrogens with one attached hydrogen (secondary N) is 1. The van der Waals surface area contributed by atoms with Gasteiger partial charge in [-0.3, -0.25) is 4.79 Å². The van der Waals surface area contributed by atoms with Gasteiger partial charge in [-0.25, -0.2) is 0 Å². The molecule has 1 heterocycles. The Morgan fingerprint density at radius 1 is 1.37 bits per heavy atom. The van der Waals surface area contributed by atoms with Gasteiger partial charge in [-0.15, -0.1) is 0 Å². The number of anilines is 1. The van der Waals surface area contributed by atoms with Gasteiger partial charge < -0.3 is 16.0 Å². The van der Waals surface area contributed by atoms with Gasteiger partial charge >= 0.3 is 0 Å². The molecule has 0 bridgehead atoms. The van der Waals surface area contributed by atoms with Crippen molar-refractivity contribution in [3.05, 3.63) is 28.2 Å². The maximum absolute atomic E-state index is 12.0. The summed E-state index contributed by atoms with van der Waals surface area (Å²) >= 11 is 3.35. The third-order valence-electron chi connectivity index (χ3n) is 3.41. The molecular weight excluding hydrogens is 306 g/mol. The van der Waals surface area contributed by atoms with Crippen molar-refractivity contribution in [2.45, 2.75) is 19.3 Å². The first-order valence-corrected chi connectivity index (χ1v) is 7.52. The van der Waals surface area contributed by atoms with Gasteiger partial charge in [0, 0.05) is 12.2 Å². The van der Waals surface area contributed by atoms with Crippen molar-refractivity contribution in [3.63, 3.8) is 0 Å². The maximum atomic E-state index is 12.0. The normalized spacial score (nSPS) is 15.6. The molecule has 1 aromatic rings. The molecule has 104 valence electrons. The molecule has 0 spiro atoms. The number of carbonyl (C=O) groups is 1. The van der Waals surface area contributed by atoms with Gasteiger partial charge in [0.2, 0.25) is 0 Å². The molecule has 19 heavy (non-hydrogen) atoms. The average molecular weight is 326 g/mol. The second kappa shape index (κ2) is 6.91. The molecule has 3 N–H and O–H groups in total. The Kier molecular flexibility index (Phi) is 5.22. The van der Waals surface area contributed by atoms with Crippen LogP contribution in [-0.4, -0.2) is 37.0 Å². The highest BCUT2D eigenvalue weighted by molar-refractivity contribution is 9.10. The van der Waals surface area contributed by atoms with Gasteiger partial charge in [0.05, 0.1) is 10.0 Å². The van der Waals surface area contributed by atoms with Crippen LogP contribution in [0.3, 0.4) is 0 Å². The summed E-state index contributed by atoms with van der Waals surface area (Å²) in [6.07, 6.45) is 3.61. The minimum Gasteiger partial charge on any atom is -0.398 e. The lowest BCUT2D eigenvalue weighted by atomic mass is 10.2. The van der Waals surface area contributed by atoms with Crippen LogP contribution in [0.1, 0.15) is 29.6 Å². The first-order chi connectivity index (χ1) is 9.18. The lowest BCUT2D eigenvalue weighted by Gasteiger charge is -2.14. The van der Waals surface area contributed by atoms with Crippen LogP contribution in [0.2, 0.25) is 0 Å². The Morgan fingerprint density at radius 2 is 2.11 bits per heavy atom. The lowest BCUT2D eigenvalue weighted by molar-refractivity contribution is 0.0951. The molecule has 0 unspecified atom stereocenters. The fraction of sp³-hybridized carbons (Fsp3) is 0.500. The Labute approximate surface area is 122 Å². The monoisotopic (exact) mass is 325 g/mol. The molecule has 0 atom stereocenters. The van der Waals surface area contributed by atoms with Gasteiger partial charge in [-0.1, -0.05) is 6.07 Å². The van der Waals surface area contributed by atoms with Crippen LogP contribution >= 0.6 is 15.9 Å². The van der Waals surface area contributed by atoms with Crippen molar-refractivity contribution in [2.24, 2.45) is 0 Å². The van der Waals surface area contributed by atoms with E-state index in [1.807, 2.05) is 0 Å². The summed E-state index contributed by atoms with van der Waals surface area (Å²) in [7, 11) is 0. The lowest BCUT2D eigenvalue weighted by Crippen LogP contribution is -2.28. The van der Waals surface area contributed by atoms with E-state index in [4.69, 9.17) is 5.73 Å². The van der Waals surface area contributed by atoms with E-state index in [1.165, 1.54) is 25.9 Å². The Morgan fingerprint density at radius 3 is 2.84 bits per heavy atom. The molecule has 2 rings (SSSR count). The molecule has 1 aliphatic heterocycles. The molecular formula is C14H20BrN3O. The van der Waals surface area contributed by atoms with Crippen LogP contribution in [0.4, 0.5) is 5.69 Å². The highest BCUT2D eigenvalue weighted by Gasteiger charge is 2.12. The number of nitrogens with zero attached hydrogens (tertiary/aromatic N) is 1. The largest absolute Gasteiger partial charge is 0.398 e. The minimum atomic E-state index is -0.0689. The van der Waals surface area contributed by atoms with Crippen molar-refractivity contribution >= 4 is 27.5 Å². The number of benzene rings is 1. The number of hydrogen-bond donors (Lipinski definition) is 2. The van der Waals surface area contributed by atoms with E-state index >= 15 is 0 Å². The molecule has 0 radical (unpaired) electrons. The summed E-state index contributed by atoms with van der Waals surface area (Å²) < 4.78 is 0.673. The van der Waals surface area contributed by atoms with Crippen LogP contribution in [0.15, 0.2) is 22.7 Å². The fourth-order valence-corrected chi connectivity index (χ4v) is 2.78. The van der Waals surface area contributed by atoms with Crippen LogP contribution in [-0.2, 0) is 0 Å². The summed E-state index contributed by atoms with van der Waals surface area (Å²) in [5.74, 6) is -0.0689. The van der Waals surface area contributed by atoms with E-state index in [-0.39, 0.29) is 5.91 Å². The van der Waals surface area contributed by atoms with Crippen LogP contribution in [0, 0.1) is 0 Å². The number of hydrogen-bond acceptors (Lipinski definition) is 3. The molecule has 4 nitrogen and oxygen atoms in total. The zero-order chi connectivity index (χ0) is 13.7. The van der Waals surface area contributed by atoms with E-state index < -0.39 is 0 Å².